The number of hydrogen-bond donors (Lipinski definition) is 3. The van der Waals surface area contributed by atoms with Crippen LogP contribution >= 0.6 is 23.2 Å². The molecule has 21 heavy (non-hydrogen) atoms. The Balaban J connectivity index is 1.88. The van der Waals surface area contributed by atoms with Gasteiger partial charge in [0.05, 0.1) is 27.4 Å². The van der Waals surface area contributed by atoms with Gasteiger partial charge in [-0.15, -0.1) is 0 Å². The van der Waals surface area contributed by atoms with E-state index in [1.54, 1.807) is 12.3 Å². The van der Waals surface area contributed by atoms with E-state index >= 15 is 0 Å². The van der Waals surface area contributed by atoms with E-state index in [-0.39, 0.29) is 21.6 Å². The highest BCUT2D eigenvalue weighted by Crippen LogP contribution is 2.29. The largest absolute Gasteiger partial charge is 0.396 e. The van der Waals surface area contributed by atoms with Crippen molar-refractivity contribution < 1.29 is 4.79 Å². The van der Waals surface area contributed by atoms with Crippen LogP contribution in [0.2, 0.25) is 10.0 Å². The average Bonchev–Trinajstić information content (AvgIpc) is 2.91. The minimum atomic E-state index is -0.318. The molecule has 0 radical (unpaired) electrons. The number of halogens is 2. The molecule has 0 atom stereocenters. The molecular formula is C14H10Cl2N4O. The van der Waals surface area contributed by atoms with E-state index in [4.69, 9.17) is 28.9 Å². The number of rotatable bonds is 2. The maximum absolute atomic E-state index is 12.2. The number of hydrogen-bond acceptors (Lipinski definition) is 3. The highest BCUT2D eigenvalue weighted by molar-refractivity contribution is 6.39. The molecule has 4 N–H and O–H groups in total. The molecule has 0 saturated heterocycles. The number of H-pyrrole nitrogens is 1. The number of nitrogens with zero attached hydrogens (tertiary/aromatic N) is 1. The molecule has 0 unspecified atom stereocenters. The minimum absolute atomic E-state index is 0.248. The molecular weight excluding hydrogens is 311 g/mol. The van der Waals surface area contributed by atoms with Gasteiger partial charge in [-0.05, 0) is 30.3 Å². The van der Waals surface area contributed by atoms with Crippen LogP contribution in [0.5, 0.6) is 0 Å². The molecule has 0 aliphatic rings. The lowest BCUT2D eigenvalue weighted by Crippen LogP contribution is -2.12. The normalized spacial score (nSPS) is 10.8. The monoisotopic (exact) mass is 320 g/mol. The standard InChI is InChI=1S/C14H10Cl2N4O/c15-10-4-7(5-11(16)13(10)17)14(21)19-9-1-2-12-8(3-9)6-18-20-12/h1-6H,17H2,(H,18,20)(H,19,21). The van der Waals surface area contributed by atoms with Gasteiger partial charge in [0.15, 0.2) is 0 Å². The summed E-state index contributed by atoms with van der Waals surface area (Å²) in [5.74, 6) is -0.318. The van der Waals surface area contributed by atoms with Gasteiger partial charge in [0.25, 0.3) is 5.91 Å². The minimum Gasteiger partial charge on any atom is -0.396 e. The van der Waals surface area contributed by atoms with E-state index in [2.05, 4.69) is 15.5 Å². The second-order valence-corrected chi connectivity index (χ2v) is 5.29. The zero-order valence-corrected chi connectivity index (χ0v) is 12.2. The molecule has 0 spiro atoms. The SMILES string of the molecule is Nc1c(Cl)cc(C(=O)Nc2ccc3[nH]ncc3c2)cc1Cl. The third kappa shape index (κ3) is 2.66. The highest BCUT2D eigenvalue weighted by Gasteiger charge is 2.12. The second-order valence-electron chi connectivity index (χ2n) is 4.48. The number of carbonyl (C=O) groups excluding carboxylic acids is 1. The first-order valence-electron chi connectivity index (χ1n) is 6.03. The third-order valence-electron chi connectivity index (χ3n) is 3.04. The van der Waals surface area contributed by atoms with Crippen LogP contribution in [0.15, 0.2) is 36.5 Å². The Bertz CT molecular complexity index is 821. The van der Waals surface area contributed by atoms with Crippen LogP contribution in [-0.4, -0.2) is 16.1 Å². The van der Waals surface area contributed by atoms with Gasteiger partial charge >= 0.3 is 0 Å². The second kappa shape index (κ2) is 5.27. The van der Waals surface area contributed by atoms with Gasteiger partial charge in [-0.1, -0.05) is 23.2 Å². The summed E-state index contributed by atoms with van der Waals surface area (Å²) in [6, 6.07) is 8.39. The smallest absolute Gasteiger partial charge is 0.255 e. The van der Waals surface area contributed by atoms with Crippen molar-refractivity contribution >= 4 is 51.4 Å². The summed E-state index contributed by atoms with van der Waals surface area (Å²) in [5, 5.41) is 10.9. The van der Waals surface area contributed by atoms with E-state index in [0.29, 0.717) is 11.3 Å². The van der Waals surface area contributed by atoms with Gasteiger partial charge in [0.1, 0.15) is 0 Å². The molecule has 1 heterocycles. The zero-order chi connectivity index (χ0) is 15.0. The summed E-state index contributed by atoms with van der Waals surface area (Å²) in [6.45, 7) is 0. The molecule has 7 heteroatoms. The van der Waals surface area contributed by atoms with Crippen molar-refractivity contribution in [1.82, 2.24) is 10.2 Å². The number of amides is 1. The molecule has 3 rings (SSSR count). The van der Waals surface area contributed by atoms with Crippen molar-refractivity contribution in [2.75, 3.05) is 11.1 Å². The predicted octanol–water partition coefficient (Wildman–Crippen LogP) is 3.70. The van der Waals surface area contributed by atoms with Crippen molar-refractivity contribution in [2.24, 2.45) is 0 Å². The Labute approximate surface area is 130 Å². The van der Waals surface area contributed by atoms with Crippen molar-refractivity contribution in [3.8, 4) is 0 Å². The number of aromatic amines is 1. The first-order chi connectivity index (χ1) is 10.0. The van der Waals surface area contributed by atoms with E-state index in [1.807, 2.05) is 12.1 Å². The van der Waals surface area contributed by atoms with Crippen LogP contribution in [0.4, 0.5) is 11.4 Å². The average molecular weight is 321 g/mol. The fraction of sp³-hybridized carbons (Fsp3) is 0. The van der Waals surface area contributed by atoms with Crippen LogP contribution in [0.25, 0.3) is 10.9 Å². The summed E-state index contributed by atoms with van der Waals surface area (Å²) in [4.78, 5) is 12.2. The van der Waals surface area contributed by atoms with Gasteiger partial charge < -0.3 is 11.1 Å². The van der Waals surface area contributed by atoms with Crippen LogP contribution in [0.1, 0.15) is 10.4 Å². The first-order valence-corrected chi connectivity index (χ1v) is 6.79. The lowest BCUT2D eigenvalue weighted by molar-refractivity contribution is 0.102. The lowest BCUT2D eigenvalue weighted by atomic mass is 10.1. The molecule has 0 aliphatic carbocycles. The Morgan fingerprint density at radius 2 is 1.90 bits per heavy atom. The number of carbonyl (C=O) groups is 1. The molecule has 3 aromatic rings. The lowest BCUT2D eigenvalue weighted by Gasteiger charge is -2.08. The van der Waals surface area contributed by atoms with Crippen molar-refractivity contribution in [1.29, 1.82) is 0 Å². The molecule has 0 fully saturated rings. The molecule has 0 aliphatic heterocycles. The van der Waals surface area contributed by atoms with Crippen LogP contribution in [0, 0.1) is 0 Å². The summed E-state index contributed by atoms with van der Waals surface area (Å²) in [5.41, 5.74) is 7.79. The van der Waals surface area contributed by atoms with Crippen LogP contribution in [0.3, 0.4) is 0 Å². The van der Waals surface area contributed by atoms with E-state index in [0.717, 1.165) is 10.9 Å². The molecule has 1 amide bonds. The van der Waals surface area contributed by atoms with Gasteiger partial charge in [0.2, 0.25) is 0 Å². The van der Waals surface area contributed by atoms with Gasteiger partial charge in [-0.3, -0.25) is 9.89 Å². The third-order valence-corrected chi connectivity index (χ3v) is 3.66. The molecule has 2 aromatic carbocycles. The number of aromatic nitrogens is 2. The number of nitrogens with two attached hydrogens (primary N) is 1. The van der Waals surface area contributed by atoms with E-state index in [1.165, 1.54) is 12.1 Å². The maximum atomic E-state index is 12.2. The number of nitrogens with one attached hydrogen (secondary N) is 2. The summed E-state index contributed by atoms with van der Waals surface area (Å²) >= 11 is 11.9. The Morgan fingerprint density at radius 1 is 1.19 bits per heavy atom. The molecule has 0 bridgehead atoms. The molecule has 1 aromatic heterocycles. The predicted molar refractivity (Wildman–Crippen MR) is 84.9 cm³/mol. The van der Waals surface area contributed by atoms with Gasteiger partial charge in [-0.25, -0.2) is 0 Å². The highest BCUT2D eigenvalue weighted by atomic mass is 35.5. The van der Waals surface area contributed by atoms with Crippen molar-refractivity contribution in [3.05, 3.63) is 52.1 Å². The molecule has 0 saturated carbocycles. The van der Waals surface area contributed by atoms with Crippen molar-refractivity contribution in [3.63, 3.8) is 0 Å². The fourth-order valence-electron chi connectivity index (χ4n) is 1.94. The van der Waals surface area contributed by atoms with Crippen molar-refractivity contribution in [2.45, 2.75) is 0 Å². The molecule has 106 valence electrons. The Hall–Kier alpha value is -2.24. The van der Waals surface area contributed by atoms with E-state index in [9.17, 15) is 4.79 Å². The van der Waals surface area contributed by atoms with Gasteiger partial charge in [-0.2, -0.15) is 5.10 Å². The quantitative estimate of drug-likeness (QED) is 0.629. The summed E-state index contributed by atoms with van der Waals surface area (Å²) < 4.78 is 0. The number of fused-ring (bicyclic) bond motifs is 1. The maximum Gasteiger partial charge on any atom is 0.255 e. The zero-order valence-electron chi connectivity index (χ0n) is 10.7. The summed E-state index contributed by atoms with van der Waals surface area (Å²) in [7, 11) is 0. The number of benzene rings is 2. The van der Waals surface area contributed by atoms with Gasteiger partial charge in [0, 0.05) is 16.6 Å². The Kier molecular flexibility index (Phi) is 3.45. The van der Waals surface area contributed by atoms with E-state index < -0.39 is 0 Å². The van der Waals surface area contributed by atoms with Crippen LogP contribution < -0.4 is 11.1 Å². The number of nitrogen functional groups attached to an aromatic ring is 1. The molecule has 5 nitrogen and oxygen atoms in total. The van der Waals surface area contributed by atoms with Crippen LogP contribution in [-0.2, 0) is 0 Å². The number of anilines is 2. The Morgan fingerprint density at radius 3 is 2.62 bits per heavy atom. The summed E-state index contributed by atoms with van der Waals surface area (Å²) in [6.07, 6.45) is 1.68. The first kappa shape index (κ1) is 13.7. The fourth-order valence-corrected chi connectivity index (χ4v) is 2.43. The topological polar surface area (TPSA) is 83.8 Å².